The highest BCUT2D eigenvalue weighted by molar-refractivity contribution is 7.92. The second kappa shape index (κ2) is 7.26. The summed E-state index contributed by atoms with van der Waals surface area (Å²) in [7, 11) is -3.55. The molecule has 24 heavy (non-hydrogen) atoms. The molecule has 0 aliphatic heterocycles. The Morgan fingerprint density at radius 2 is 1.58 bits per heavy atom. The second-order valence-corrected chi connectivity index (χ2v) is 7.93. The SMILES string of the molecule is CCCNc1ccc(NS(=O)(=O)c2ccc3c(c2)CCCC3)cc1. The molecule has 1 aliphatic carbocycles. The maximum Gasteiger partial charge on any atom is 0.261 e. The van der Waals surface area contributed by atoms with Gasteiger partial charge in [0.2, 0.25) is 0 Å². The molecular weight excluding hydrogens is 320 g/mol. The fraction of sp³-hybridized carbons (Fsp3) is 0.368. The molecule has 128 valence electrons. The van der Waals surface area contributed by atoms with E-state index in [1.165, 1.54) is 17.5 Å². The Labute approximate surface area is 144 Å². The fourth-order valence-electron chi connectivity index (χ4n) is 3.02. The summed E-state index contributed by atoms with van der Waals surface area (Å²) in [6.45, 7) is 3.01. The first-order valence-corrected chi connectivity index (χ1v) is 10.1. The zero-order valence-corrected chi connectivity index (χ0v) is 14.8. The van der Waals surface area contributed by atoms with Gasteiger partial charge in [0, 0.05) is 17.9 Å². The van der Waals surface area contributed by atoms with Crippen LogP contribution in [0.25, 0.3) is 0 Å². The van der Waals surface area contributed by atoms with Crippen molar-refractivity contribution in [2.75, 3.05) is 16.6 Å². The van der Waals surface area contributed by atoms with Crippen molar-refractivity contribution in [2.45, 2.75) is 43.9 Å². The average Bonchev–Trinajstić information content (AvgIpc) is 2.60. The summed E-state index contributed by atoms with van der Waals surface area (Å²) in [6, 6.07) is 12.8. The Kier molecular flexibility index (Phi) is 5.09. The minimum absolute atomic E-state index is 0.344. The Balaban J connectivity index is 1.76. The van der Waals surface area contributed by atoms with Crippen molar-refractivity contribution < 1.29 is 8.42 Å². The molecule has 0 fully saturated rings. The number of sulfonamides is 1. The summed E-state index contributed by atoms with van der Waals surface area (Å²) >= 11 is 0. The van der Waals surface area contributed by atoms with Crippen LogP contribution < -0.4 is 10.0 Å². The van der Waals surface area contributed by atoms with Crippen LogP contribution in [0, 0.1) is 0 Å². The van der Waals surface area contributed by atoms with Crippen LogP contribution >= 0.6 is 0 Å². The molecule has 0 unspecified atom stereocenters. The molecule has 0 aromatic heterocycles. The quantitative estimate of drug-likeness (QED) is 0.826. The molecule has 5 heteroatoms. The minimum atomic E-state index is -3.55. The lowest BCUT2D eigenvalue weighted by atomic mass is 9.92. The van der Waals surface area contributed by atoms with Gasteiger partial charge in [-0.3, -0.25) is 4.72 Å². The molecule has 0 saturated heterocycles. The van der Waals surface area contributed by atoms with Crippen molar-refractivity contribution in [1.82, 2.24) is 0 Å². The third-order valence-corrected chi connectivity index (χ3v) is 5.73. The Morgan fingerprint density at radius 1 is 0.917 bits per heavy atom. The highest BCUT2D eigenvalue weighted by Crippen LogP contribution is 2.25. The summed E-state index contributed by atoms with van der Waals surface area (Å²) < 4.78 is 27.9. The first-order valence-electron chi connectivity index (χ1n) is 8.57. The van der Waals surface area contributed by atoms with Crippen LogP contribution in [0.2, 0.25) is 0 Å². The number of benzene rings is 2. The standard InChI is InChI=1S/C19H24N2O2S/c1-2-13-20-17-8-10-18(11-9-17)21-24(22,23)19-12-7-15-5-3-4-6-16(15)14-19/h7-12,14,20-21H,2-6,13H2,1H3. The molecule has 4 nitrogen and oxygen atoms in total. The van der Waals surface area contributed by atoms with E-state index >= 15 is 0 Å². The van der Waals surface area contributed by atoms with Crippen LogP contribution in [0.5, 0.6) is 0 Å². The summed E-state index contributed by atoms with van der Waals surface area (Å²) in [6.07, 6.45) is 5.39. The first-order chi connectivity index (χ1) is 11.6. The zero-order valence-electron chi connectivity index (χ0n) is 14.0. The molecule has 0 bridgehead atoms. The number of anilines is 2. The van der Waals surface area contributed by atoms with Crippen molar-refractivity contribution in [3.8, 4) is 0 Å². The average molecular weight is 344 g/mol. The molecule has 0 radical (unpaired) electrons. The van der Waals surface area contributed by atoms with E-state index in [-0.39, 0.29) is 0 Å². The molecular formula is C19H24N2O2S. The normalized spacial score (nSPS) is 14.0. The number of hydrogen-bond acceptors (Lipinski definition) is 3. The largest absolute Gasteiger partial charge is 0.385 e. The van der Waals surface area contributed by atoms with Crippen LogP contribution in [-0.2, 0) is 22.9 Å². The van der Waals surface area contributed by atoms with Gasteiger partial charge in [-0.15, -0.1) is 0 Å². The van der Waals surface area contributed by atoms with Crippen LogP contribution in [0.3, 0.4) is 0 Å². The van der Waals surface area contributed by atoms with Crippen molar-refractivity contribution in [1.29, 1.82) is 0 Å². The number of fused-ring (bicyclic) bond motifs is 1. The third-order valence-electron chi connectivity index (χ3n) is 4.35. The van der Waals surface area contributed by atoms with Gasteiger partial charge in [-0.1, -0.05) is 13.0 Å². The summed E-state index contributed by atoms with van der Waals surface area (Å²) in [5.41, 5.74) is 4.03. The predicted octanol–water partition coefficient (Wildman–Crippen LogP) is 4.19. The molecule has 3 rings (SSSR count). The van der Waals surface area contributed by atoms with Crippen LogP contribution in [-0.4, -0.2) is 15.0 Å². The van der Waals surface area contributed by atoms with Gasteiger partial charge in [-0.25, -0.2) is 8.42 Å². The fourth-order valence-corrected chi connectivity index (χ4v) is 4.13. The van der Waals surface area contributed by atoms with Crippen LogP contribution in [0.4, 0.5) is 11.4 Å². The van der Waals surface area contributed by atoms with E-state index in [1.807, 2.05) is 24.3 Å². The van der Waals surface area contributed by atoms with Crippen molar-refractivity contribution in [2.24, 2.45) is 0 Å². The first kappa shape index (κ1) is 16.8. The lowest BCUT2D eigenvalue weighted by Gasteiger charge is -2.17. The predicted molar refractivity (Wildman–Crippen MR) is 99.1 cm³/mol. The molecule has 0 spiro atoms. The number of rotatable bonds is 6. The molecule has 0 atom stereocenters. The van der Waals surface area contributed by atoms with E-state index in [9.17, 15) is 8.42 Å². The number of hydrogen-bond donors (Lipinski definition) is 2. The molecule has 0 amide bonds. The highest BCUT2D eigenvalue weighted by atomic mass is 32.2. The Morgan fingerprint density at radius 3 is 2.29 bits per heavy atom. The van der Waals surface area contributed by atoms with Crippen molar-refractivity contribution in [3.05, 3.63) is 53.6 Å². The Hall–Kier alpha value is -2.01. The van der Waals surface area contributed by atoms with Gasteiger partial charge in [-0.05, 0) is 79.6 Å². The molecule has 2 aromatic carbocycles. The molecule has 1 aliphatic rings. The maximum absolute atomic E-state index is 12.6. The monoisotopic (exact) mass is 344 g/mol. The summed E-state index contributed by atoms with van der Waals surface area (Å²) in [5.74, 6) is 0. The third kappa shape index (κ3) is 3.90. The van der Waals surface area contributed by atoms with Gasteiger partial charge in [0.1, 0.15) is 0 Å². The minimum Gasteiger partial charge on any atom is -0.385 e. The van der Waals surface area contributed by atoms with Gasteiger partial charge in [0.05, 0.1) is 4.90 Å². The van der Waals surface area contributed by atoms with Crippen LogP contribution in [0.15, 0.2) is 47.4 Å². The van der Waals surface area contributed by atoms with E-state index < -0.39 is 10.0 Å². The van der Waals surface area contributed by atoms with Crippen molar-refractivity contribution >= 4 is 21.4 Å². The topological polar surface area (TPSA) is 58.2 Å². The zero-order chi connectivity index (χ0) is 17.0. The molecule has 0 heterocycles. The van der Waals surface area contributed by atoms with Gasteiger partial charge in [0.25, 0.3) is 10.0 Å². The lowest BCUT2D eigenvalue weighted by Crippen LogP contribution is -2.14. The van der Waals surface area contributed by atoms with Gasteiger partial charge in [-0.2, -0.15) is 0 Å². The van der Waals surface area contributed by atoms with E-state index in [0.717, 1.165) is 37.9 Å². The summed E-state index contributed by atoms with van der Waals surface area (Å²) in [4.78, 5) is 0.344. The number of nitrogens with one attached hydrogen (secondary N) is 2. The van der Waals surface area contributed by atoms with E-state index in [4.69, 9.17) is 0 Å². The van der Waals surface area contributed by atoms with Gasteiger partial charge >= 0.3 is 0 Å². The van der Waals surface area contributed by atoms with E-state index in [0.29, 0.717) is 10.6 Å². The van der Waals surface area contributed by atoms with E-state index in [2.05, 4.69) is 17.0 Å². The lowest BCUT2D eigenvalue weighted by molar-refractivity contribution is 0.600. The highest BCUT2D eigenvalue weighted by Gasteiger charge is 2.17. The molecule has 0 saturated carbocycles. The molecule has 2 aromatic rings. The Bertz CT molecular complexity index is 799. The second-order valence-electron chi connectivity index (χ2n) is 6.25. The van der Waals surface area contributed by atoms with Gasteiger partial charge < -0.3 is 5.32 Å². The van der Waals surface area contributed by atoms with Crippen molar-refractivity contribution in [3.63, 3.8) is 0 Å². The summed E-state index contributed by atoms with van der Waals surface area (Å²) in [5, 5.41) is 3.27. The maximum atomic E-state index is 12.6. The van der Waals surface area contributed by atoms with Crippen LogP contribution in [0.1, 0.15) is 37.3 Å². The molecule has 2 N–H and O–H groups in total. The van der Waals surface area contributed by atoms with Gasteiger partial charge in [0.15, 0.2) is 0 Å². The number of aryl methyl sites for hydroxylation is 2. The smallest absolute Gasteiger partial charge is 0.261 e. The van der Waals surface area contributed by atoms with E-state index in [1.54, 1.807) is 18.2 Å².